The van der Waals surface area contributed by atoms with Crippen molar-refractivity contribution in [3.8, 4) is 0 Å². The maximum Gasteiger partial charge on any atom is 0.200 e. The minimum atomic E-state index is 0.187. The number of anilines is 1. The van der Waals surface area contributed by atoms with Crippen molar-refractivity contribution in [3.63, 3.8) is 0 Å². The first-order valence-corrected chi connectivity index (χ1v) is 4.12. The van der Waals surface area contributed by atoms with Crippen LogP contribution in [0, 0.1) is 0 Å². The summed E-state index contributed by atoms with van der Waals surface area (Å²) in [5.74, 6) is 0.543. The molecule has 0 saturated heterocycles. The average molecular weight is 169 g/mol. The van der Waals surface area contributed by atoms with E-state index < -0.39 is 0 Å². The van der Waals surface area contributed by atoms with Gasteiger partial charge in [0, 0.05) is 19.0 Å². The van der Waals surface area contributed by atoms with E-state index in [0.717, 1.165) is 13.2 Å². The van der Waals surface area contributed by atoms with Crippen molar-refractivity contribution in [2.24, 2.45) is 0 Å². The van der Waals surface area contributed by atoms with E-state index in [4.69, 9.17) is 10.5 Å². The molecule has 1 unspecified atom stereocenters. The predicted octanol–water partition coefficient (Wildman–Crippen LogP) is 0.890. The fourth-order valence-electron chi connectivity index (χ4n) is 1.11. The summed E-state index contributed by atoms with van der Waals surface area (Å²) in [5.41, 5.74) is 5.58. The molecule has 0 aliphatic heterocycles. The lowest BCUT2D eigenvalue weighted by Gasteiger charge is -2.12. The fourth-order valence-corrected chi connectivity index (χ4v) is 1.11. The first kappa shape index (κ1) is 9.06. The normalized spacial score (nSPS) is 13.2. The Morgan fingerprint density at radius 2 is 2.50 bits per heavy atom. The third-order valence-electron chi connectivity index (χ3n) is 1.65. The zero-order valence-corrected chi connectivity index (χ0v) is 7.53. The van der Waals surface area contributed by atoms with Gasteiger partial charge in [0.05, 0.1) is 12.6 Å². The fraction of sp³-hybridized carbons (Fsp3) is 0.625. The van der Waals surface area contributed by atoms with Gasteiger partial charge in [-0.25, -0.2) is 4.98 Å². The molecule has 1 aromatic rings. The van der Waals surface area contributed by atoms with Gasteiger partial charge in [-0.15, -0.1) is 0 Å². The SMILES string of the molecule is CCOC(C)Cn1ccnc1N. The molecule has 0 spiro atoms. The molecule has 0 amide bonds. The number of aromatic nitrogens is 2. The number of hydrogen-bond donors (Lipinski definition) is 1. The van der Waals surface area contributed by atoms with Crippen LogP contribution < -0.4 is 5.73 Å². The van der Waals surface area contributed by atoms with Gasteiger partial charge in [0.1, 0.15) is 0 Å². The van der Waals surface area contributed by atoms with Crippen LogP contribution in [0.2, 0.25) is 0 Å². The van der Waals surface area contributed by atoms with Gasteiger partial charge in [-0.1, -0.05) is 0 Å². The van der Waals surface area contributed by atoms with Crippen LogP contribution in [0.5, 0.6) is 0 Å². The molecule has 0 bridgehead atoms. The van der Waals surface area contributed by atoms with Crippen LogP contribution in [-0.4, -0.2) is 22.3 Å². The molecule has 4 heteroatoms. The van der Waals surface area contributed by atoms with Crippen molar-refractivity contribution in [1.29, 1.82) is 0 Å². The summed E-state index contributed by atoms with van der Waals surface area (Å²) in [7, 11) is 0. The van der Waals surface area contributed by atoms with Crippen LogP contribution in [0.15, 0.2) is 12.4 Å². The summed E-state index contributed by atoms with van der Waals surface area (Å²) in [6.07, 6.45) is 3.73. The van der Waals surface area contributed by atoms with Gasteiger partial charge in [-0.2, -0.15) is 0 Å². The Kier molecular flexibility index (Phi) is 3.10. The molecule has 0 aromatic carbocycles. The minimum absolute atomic E-state index is 0.187. The number of rotatable bonds is 4. The summed E-state index contributed by atoms with van der Waals surface area (Å²) >= 11 is 0. The van der Waals surface area contributed by atoms with Crippen LogP contribution in [0.4, 0.5) is 5.95 Å². The highest BCUT2D eigenvalue weighted by molar-refractivity contribution is 5.16. The Bertz CT molecular complexity index is 234. The van der Waals surface area contributed by atoms with Gasteiger partial charge in [-0.3, -0.25) is 0 Å². The topological polar surface area (TPSA) is 53.1 Å². The van der Waals surface area contributed by atoms with E-state index in [1.54, 1.807) is 6.20 Å². The van der Waals surface area contributed by atoms with Crippen molar-refractivity contribution in [2.45, 2.75) is 26.5 Å². The molecule has 0 aliphatic rings. The van der Waals surface area contributed by atoms with Gasteiger partial charge in [0.25, 0.3) is 0 Å². The van der Waals surface area contributed by atoms with Gasteiger partial charge in [0.2, 0.25) is 0 Å². The average Bonchev–Trinajstić information content (AvgIpc) is 2.37. The lowest BCUT2D eigenvalue weighted by molar-refractivity contribution is 0.0644. The Labute approximate surface area is 72.3 Å². The van der Waals surface area contributed by atoms with Crippen molar-refractivity contribution in [3.05, 3.63) is 12.4 Å². The molecule has 2 N–H and O–H groups in total. The molecular weight excluding hydrogens is 154 g/mol. The van der Waals surface area contributed by atoms with Crippen molar-refractivity contribution < 1.29 is 4.74 Å². The van der Waals surface area contributed by atoms with E-state index in [2.05, 4.69) is 4.98 Å². The predicted molar refractivity (Wildman–Crippen MR) is 47.7 cm³/mol. The summed E-state index contributed by atoms with van der Waals surface area (Å²) in [6, 6.07) is 0. The van der Waals surface area contributed by atoms with E-state index in [1.807, 2.05) is 24.6 Å². The summed E-state index contributed by atoms with van der Waals surface area (Å²) in [6.45, 7) is 5.49. The van der Waals surface area contributed by atoms with E-state index >= 15 is 0 Å². The molecule has 68 valence electrons. The first-order chi connectivity index (χ1) is 5.74. The molecule has 1 heterocycles. The molecule has 12 heavy (non-hydrogen) atoms. The second-order valence-corrected chi connectivity index (χ2v) is 2.70. The molecule has 4 nitrogen and oxygen atoms in total. The zero-order chi connectivity index (χ0) is 8.97. The molecule has 1 aromatic heterocycles. The largest absolute Gasteiger partial charge is 0.377 e. The molecular formula is C8H15N3O. The van der Waals surface area contributed by atoms with E-state index in [0.29, 0.717) is 5.95 Å². The smallest absolute Gasteiger partial charge is 0.200 e. The number of hydrogen-bond acceptors (Lipinski definition) is 3. The van der Waals surface area contributed by atoms with Gasteiger partial charge in [0.15, 0.2) is 5.95 Å². The molecule has 0 aliphatic carbocycles. The third kappa shape index (κ3) is 2.23. The summed E-state index contributed by atoms with van der Waals surface area (Å²) in [5, 5.41) is 0. The Morgan fingerprint density at radius 1 is 1.75 bits per heavy atom. The Balaban J connectivity index is 2.46. The van der Waals surface area contributed by atoms with Crippen LogP contribution >= 0.6 is 0 Å². The van der Waals surface area contributed by atoms with Gasteiger partial charge < -0.3 is 15.0 Å². The lowest BCUT2D eigenvalue weighted by atomic mass is 10.4. The quantitative estimate of drug-likeness (QED) is 0.728. The lowest BCUT2D eigenvalue weighted by Crippen LogP contribution is -2.17. The minimum Gasteiger partial charge on any atom is -0.377 e. The third-order valence-corrected chi connectivity index (χ3v) is 1.65. The number of ether oxygens (including phenoxy) is 1. The first-order valence-electron chi connectivity index (χ1n) is 4.12. The maximum absolute atomic E-state index is 5.58. The molecule has 1 atom stereocenters. The van der Waals surface area contributed by atoms with Gasteiger partial charge >= 0.3 is 0 Å². The van der Waals surface area contributed by atoms with Crippen molar-refractivity contribution in [2.75, 3.05) is 12.3 Å². The second kappa shape index (κ2) is 4.11. The van der Waals surface area contributed by atoms with Crippen LogP contribution in [0.25, 0.3) is 0 Å². The molecule has 0 saturated carbocycles. The van der Waals surface area contributed by atoms with Crippen molar-refractivity contribution in [1.82, 2.24) is 9.55 Å². The maximum atomic E-state index is 5.58. The van der Waals surface area contributed by atoms with Crippen LogP contribution in [0.1, 0.15) is 13.8 Å². The number of nitrogen functional groups attached to an aromatic ring is 1. The van der Waals surface area contributed by atoms with E-state index in [-0.39, 0.29) is 6.10 Å². The molecule has 1 rings (SSSR count). The number of nitrogens with zero attached hydrogens (tertiary/aromatic N) is 2. The van der Waals surface area contributed by atoms with Crippen molar-refractivity contribution >= 4 is 5.95 Å². The Hall–Kier alpha value is -1.03. The number of nitrogens with two attached hydrogens (primary N) is 1. The summed E-state index contributed by atoms with van der Waals surface area (Å²) < 4.78 is 7.24. The highest BCUT2D eigenvalue weighted by Crippen LogP contribution is 2.02. The summed E-state index contributed by atoms with van der Waals surface area (Å²) in [4.78, 5) is 3.91. The van der Waals surface area contributed by atoms with E-state index in [1.165, 1.54) is 0 Å². The molecule has 0 fully saturated rings. The van der Waals surface area contributed by atoms with Crippen LogP contribution in [-0.2, 0) is 11.3 Å². The highest BCUT2D eigenvalue weighted by Gasteiger charge is 2.03. The van der Waals surface area contributed by atoms with E-state index in [9.17, 15) is 0 Å². The number of imidazole rings is 1. The highest BCUT2D eigenvalue weighted by atomic mass is 16.5. The monoisotopic (exact) mass is 169 g/mol. The van der Waals surface area contributed by atoms with Crippen LogP contribution in [0.3, 0.4) is 0 Å². The van der Waals surface area contributed by atoms with Gasteiger partial charge in [-0.05, 0) is 13.8 Å². The molecule has 0 radical (unpaired) electrons. The second-order valence-electron chi connectivity index (χ2n) is 2.70. The zero-order valence-electron chi connectivity index (χ0n) is 7.53. The standard InChI is InChI=1S/C8H15N3O/c1-3-12-7(2)6-11-5-4-10-8(11)9/h4-5,7H,3,6H2,1-2H3,(H2,9,10). The Morgan fingerprint density at radius 3 is 3.00 bits per heavy atom.